The van der Waals surface area contributed by atoms with Gasteiger partial charge < -0.3 is 9.64 Å². The van der Waals surface area contributed by atoms with Crippen LogP contribution in [0.15, 0.2) is 72.8 Å². The topological polar surface area (TPSA) is 41.6 Å². The lowest BCUT2D eigenvalue weighted by Gasteiger charge is -2.19. The zero-order chi connectivity index (χ0) is 21.6. The summed E-state index contributed by atoms with van der Waals surface area (Å²) >= 11 is 0. The molecule has 0 saturated carbocycles. The van der Waals surface area contributed by atoms with Crippen LogP contribution in [0.25, 0.3) is 0 Å². The van der Waals surface area contributed by atoms with Crippen molar-refractivity contribution >= 4 is 17.5 Å². The molecule has 1 N–H and O–H groups in total. The van der Waals surface area contributed by atoms with Gasteiger partial charge in [-0.15, -0.1) is 0 Å². The van der Waals surface area contributed by atoms with Crippen LogP contribution in [0.1, 0.15) is 42.0 Å². The van der Waals surface area contributed by atoms with Gasteiger partial charge in [-0.1, -0.05) is 68.4 Å². The number of fused-ring (bicyclic) bond motifs is 1. The van der Waals surface area contributed by atoms with Crippen molar-refractivity contribution in [2.24, 2.45) is 0 Å². The summed E-state index contributed by atoms with van der Waals surface area (Å²) < 4.78 is 5.39. The van der Waals surface area contributed by atoms with Gasteiger partial charge >= 0.3 is 6.09 Å². The second-order valence-corrected chi connectivity index (χ2v) is 8.41. The van der Waals surface area contributed by atoms with E-state index in [0.717, 1.165) is 25.2 Å². The van der Waals surface area contributed by atoms with Crippen molar-refractivity contribution in [3.63, 3.8) is 0 Å². The van der Waals surface area contributed by atoms with E-state index in [9.17, 15) is 4.79 Å². The Labute approximate surface area is 184 Å². The van der Waals surface area contributed by atoms with E-state index in [1.165, 1.54) is 27.9 Å². The van der Waals surface area contributed by atoms with Crippen molar-refractivity contribution in [2.45, 2.75) is 39.2 Å². The maximum Gasteiger partial charge on any atom is 0.411 e. The summed E-state index contributed by atoms with van der Waals surface area (Å²) in [6, 6.07) is 25.1. The number of hydrogen-bond acceptors (Lipinski definition) is 3. The summed E-state index contributed by atoms with van der Waals surface area (Å²) in [5.74, 6) is 0.522. The van der Waals surface area contributed by atoms with Crippen molar-refractivity contribution in [2.75, 3.05) is 23.4 Å². The third-order valence-electron chi connectivity index (χ3n) is 5.80. The molecule has 0 atom stereocenters. The second-order valence-electron chi connectivity index (χ2n) is 8.41. The van der Waals surface area contributed by atoms with Crippen molar-refractivity contribution < 1.29 is 9.53 Å². The van der Waals surface area contributed by atoms with Crippen LogP contribution in [0, 0.1) is 0 Å². The van der Waals surface area contributed by atoms with Gasteiger partial charge in [0.05, 0.1) is 6.61 Å². The number of amides is 1. The van der Waals surface area contributed by atoms with Crippen molar-refractivity contribution in [3.8, 4) is 0 Å². The van der Waals surface area contributed by atoms with Gasteiger partial charge in [-0.25, -0.2) is 4.79 Å². The monoisotopic (exact) mass is 414 g/mol. The molecule has 1 aliphatic rings. The molecule has 3 aromatic rings. The summed E-state index contributed by atoms with van der Waals surface area (Å²) in [6.07, 6.45) is 1.29. The van der Waals surface area contributed by atoms with Crippen LogP contribution >= 0.6 is 0 Å². The molecule has 0 saturated heterocycles. The van der Waals surface area contributed by atoms with Gasteiger partial charge in [0, 0.05) is 30.9 Å². The first kappa shape index (κ1) is 21.0. The standard InChI is InChI=1S/C27H30N2O2/c1-20(2)23-10-8-21(9-11-23)15-17-31-27(30)28-25-12-13-26-24(18-25)14-16-29(26)19-22-6-4-3-5-7-22/h3-13,18,20H,14-17,19H2,1-2H3,(H,28,30). The number of nitrogens with zero attached hydrogens (tertiary/aromatic N) is 1. The highest BCUT2D eigenvalue weighted by Gasteiger charge is 2.19. The fraction of sp³-hybridized carbons (Fsp3) is 0.296. The van der Waals surface area contributed by atoms with Crippen molar-refractivity contribution in [1.82, 2.24) is 0 Å². The van der Waals surface area contributed by atoms with Gasteiger partial charge in [-0.05, 0) is 52.8 Å². The Balaban J connectivity index is 1.27. The van der Waals surface area contributed by atoms with Gasteiger partial charge in [0.1, 0.15) is 0 Å². The van der Waals surface area contributed by atoms with Gasteiger partial charge in [0.2, 0.25) is 0 Å². The van der Waals surface area contributed by atoms with E-state index in [-0.39, 0.29) is 0 Å². The molecule has 0 unspecified atom stereocenters. The molecule has 0 radical (unpaired) electrons. The molecule has 31 heavy (non-hydrogen) atoms. The summed E-state index contributed by atoms with van der Waals surface area (Å²) in [5, 5.41) is 2.87. The number of anilines is 2. The molecule has 0 bridgehead atoms. The maximum absolute atomic E-state index is 12.2. The molecular weight excluding hydrogens is 384 g/mol. The summed E-state index contributed by atoms with van der Waals surface area (Å²) in [7, 11) is 0. The predicted octanol–water partition coefficient (Wildman–Crippen LogP) is 6.16. The molecule has 3 aromatic carbocycles. The molecule has 4 rings (SSSR count). The van der Waals surface area contributed by atoms with Gasteiger partial charge in [0.15, 0.2) is 0 Å². The highest BCUT2D eigenvalue weighted by molar-refractivity contribution is 5.85. The van der Waals surface area contributed by atoms with Gasteiger partial charge in [-0.3, -0.25) is 5.32 Å². The smallest absolute Gasteiger partial charge is 0.411 e. The molecule has 160 valence electrons. The highest BCUT2D eigenvalue weighted by Crippen LogP contribution is 2.31. The van der Waals surface area contributed by atoms with Gasteiger partial charge in [0.25, 0.3) is 0 Å². The van der Waals surface area contributed by atoms with Crippen molar-refractivity contribution in [3.05, 3.63) is 95.1 Å². The summed E-state index contributed by atoms with van der Waals surface area (Å²) in [4.78, 5) is 14.6. The minimum atomic E-state index is -0.405. The molecular formula is C27H30N2O2. The molecule has 1 aliphatic heterocycles. The van der Waals surface area contributed by atoms with E-state index in [2.05, 4.69) is 84.7 Å². The molecule has 1 amide bonds. The molecule has 0 spiro atoms. The SMILES string of the molecule is CC(C)c1ccc(CCOC(=O)Nc2ccc3c(c2)CCN3Cc2ccccc2)cc1. The number of rotatable bonds is 7. The first-order chi connectivity index (χ1) is 15.1. The van der Waals surface area contributed by atoms with Crippen LogP contribution in [0.4, 0.5) is 16.2 Å². The average molecular weight is 415 g/mol. The zero-order valence-corrected chi connectivity index (χ0v) is 18.3. The Morgan fingerprint density at radius 1 is 1.00 bits per heavy atom. The predicted molar refractivity (Wildman–Crippen MR) is 127 cm³/mol. The maximum atomic E-state index is 12.2. The molecule has 4 heteroatoms. The minimum Gasteiger partial charge on any atom is -0.449 e. The van der Waals surface area contributed by atoms with E-state index in [4.69, 9.17) is 4.74 Å². The molecule has 1 heterocycles. The molecule has 0 aromatic heterocycles. The Kier molecular flexibility index (Phi) is 6.56. The summed E-state index contributed by atoms with van der Waals surface area (Å²) in [5.41, 5.74) is 7.09. The third kappa shape index (κ3) is 5.46. The largest absolute Gasteiger partial charge is 0.449 e. The lowest BCUT2D eigenvalue weighted by atomic mass is 10.0. The van der Waals surface area contributed by atoms with E-state index in [1.807, 2.05) is 12.1 Å². The zero-order valence-electron chi connectivity index (χ0n) is 18.3. The van der Waals surface area contributed by atoms with Crippen molar-refractivity contribution in [1.29, 1.82) is 0 Å². The van der Waals surface area contributed by atoms with Gasteiger partial charge in [-0.2, -0.15) is 0 Å². The van der Waals surface area contributed by atoms with E-state index < -0.39 is 6.09 Å². The van der Waals surface area contributed by atoms with Crippen LogP contribution < -0.4 is 10.2 Å². The fourth-order valence-corrected chi connectivity index (χ4v) is 4.00. The van der Waals surface area contributed by atoms with E-state index in [0.29, 0.717) is 18.9 Å². The number of ether oxygens (including phenoxy) is 1. The highest BCUT2D eigenvalue weighted by atomic mass is 16.5. The second kappa shape index (κ2) is 9.69. The number of carbonyl (C=O) groups is 1. The Bertz CT molecular complexity index is 1010. The quantitative estimate of drug-likeness (QED) is 0.503. The Hall–Kier alpha value is -3.27. The molecule has 4 nitrogen and oxygen atoms in total. The molecule has 0 fully saturated rings. The number of carbonyl (C=O) groups excluding carboxylic acids is 1. The normalized spacial score (nSPS) is 12.7. The average Bonchev–Trinajstić information content (AvgIpc) is 3.16. The minimum absolute atomic E-state index is 0.364. The molecule has 0 aliphatic carbocycles. The third-order valence-corrected chi connectivity index (χ3v) is 5.80. The summed E-state index contributed by atoms with van der Waals surface area (Å²) in [6.45, 7) is 6.63. The first-order valence-electron chi connectivity index (χ1n) is 11.0. The van der Waals surface area contributed by atoms with Crippen LogP contribution in [0.5, 0.6) is 0 Å². The van der Waals surface area contributed by atoms with Crippen LogP contribution in [0.2, 0.25) is 0 Å². The van der Waals surface area contributed by atoms with Crippen LogP contribution in [-0.4, -0.2) is 19.2 Å². The Morgan fingerprint density at radius 2 is 1.77 bits per heavy atom. The lowest BCUT2D eigenvalue weighted by molar-refractivity contribution is 0.163. The van der Waals surface area contributed by atoms with E-state index in [1.54, 1.807) is 0 Å². The first-order valence-corrected chi connectivity index (χ1v) is 11.0. The number of hydrogen-bond donors (Lipinski definition) is 1. The fourth-order valence-electron chi connectivity index (χ4n) is 4.00. The lowest BCUT2D eigenvalue weighted by Crippen LogP contribution is -2.19. The number of benzene rings is 3. The van der Waals surface area contributed by atoms with Crippen LogP contribution in [-0.2, 0) is 24.1 Å². The van der Waals surface area contributed by atoms with Crippen LogP contribution in [0.3, 0.4) is 0 Å². The Morgan fingerprint density at radius 3 is 2.52 bits per heavy atom. The number of nitrogens with one attached hydrogen (secondary N) is 1. The van der Waals surface area contributed by atoms with E-state index >= 15 is 0 Å².